The van der Waals surface area contributed by atoms with Gasteiger partial charge in [-0.1, -0.05) is 71.9 Å². The van der Waals surface area contributed by atoms with E-state index < -0.39 is 13.9 Å². The van der Waals surface area contributed by atoms with E-state index in [2.05, 4.69) is 0 Å². The first-order valence-electron chi connectivity index (χ1n) is 7.11. The van der Waals surface area contributed by atoms with Crippen LogP contribution >= 0.6 is 7.82 Å². The number of benzene rings is 1. The molecule has 0 aromatic heterocycles. The smallest absolute Gasteiger partial charge is 0.302 e. The van der Waals surface area contributed by atoms with Gasteiger partial charge in [0.1, 0.15) is 6.10 Å². The number of rotatable bonds is 1. The maximum absolute atomic E-state index is 11.4. The van der Waals surface area contributed by atoms with Crippen molar-refractivity contribution in [1.29, 1.82) is 0 Å². The van der Waals surface area contributed by atoms with E-state index in [1.807, 2.05) is 71.9 Å². The minimum Gasteiger partial charge on any atom is -0.302 e. The van der Waals surface area contributed by atoms with Crippen LogP contribution in [-0.2, 0) is 13.6 Å². The molecule has 2 unspecified atom stereocenters. The molecule has 2 rings (SSSR count). The van der Waals surface area contributed by atoms with Crippen molar-refractivity contribution in [1.82, 2.24) is 0 Å². The lowest BCUT2D eigenvalue weighted by molar-refractivity contribution is -0.0472. The quantitative estimate of drug-likeness (QED) is 0.745. The Kier molecular flexibility index (Phi) is 8.29. The molecule has 1 aliphatic heterocycles. The van der Waals surface area contributed by atoms with Crippen LogP contribution < -0.4 is 0 Å². The zero-order chi connectivity index (χ0) is 15.8. The Labute approximate surface area is 122 Å². The van der Waals surface area contributed by atoms with Crippen LogP contribution in [0.3, 0.4) is 0 Å². The lowest BCUT2D eigenvalue weighted by Gasteiger charge is -2.39. The fourth-order valence-corrected chi connectivity index (χ4v) is 3.00. The minimum absolute atomic E-state index is 0.209. The van der Waals surface area contributed by atoms with Gasteiger partial charge in [0.2, 0.25) is 0 Å². The van der Waals surface area contributed by atoms with Crippen molar-refractivity contribution in [3.8, 4) is 0 Å². The van der Waals surface area contributed by atoms with Crippen molar-refractivity contribution < 1.29 is 18.5 Å². The average Bonchev–Trinajstić information content (AvgIpc) is 2.47. The largest absolute Gasteiger partial charge is 0.472 e. The second-order valence-electron chi connectivity index (χ2n) is 4.63. The summed E-state index contributed by atoms with van der Waals surface area (Å²) in [5.41, 5.74) is 0.572. The summed E-state index contributed by atoms with van der Waals surface area (Å²) >= 11 is 0. The average molecular weight is 302 g/mol. The van der Waals surface area contributed by atoms with Crippen LogP contribution in [0.15, 0.2) is 30.3 Å². The molecule has 0 aliphatic carbocycles. The summed E-state index contributed by atoms with van der Waals surface area (Å²) in [5, 5.41) is 0. The summed E-state index contributed by atoms with van der Waals surface area (Å²) in [6.45, 7) is 12.1. The molecule has 2 atom stereocenters. The first kappa shape index (κ1) is 19.3. The van der Waals surface area contributed by atoms with Gasteiger partial charge in [-0.05, 0) is 5.56 Å². The molecule has 0 spiro atoms. The summed E-state index contributed by atoms with van der Waals surface area (Å²) in [4.78, 5) is 9.35. The number of phosphoric ester groups is 1. The van der Waals surface area contributed by atoms with Crippen molar-refractivity contribution in [2.45, 2.75) is 47.6 Å². The lowest BCUT2D eigenvalue weighted by atomic mass is 9.83. The van der Waals surface area contributed by atoms with E-state index in [4.69, 9.17) is 9.05 Å². The molecule has 0 amide bonds. The number of hydrogen-bond donors (Lipinski definition) is 1. The van der Waals surface area contributed by atoms with Crippen LogP contribution in [0.2, 0.25) is 0 Å². The molecule has 0 saturated carbocycles. The molecule has 0 radical (unpaired) electrons. The first-order valence-corrected chi connectivity index (χ1v) is 8.61. The van der Waals surface area contributed by atoms with Gasteiger partial charge in [-0.25, -0.2) is 4.57 Å². The Morgan fingerprint density at radius 3 is 2.15 bits per heavy atom. The summed E-state index contributed by atoms with van der Waals surface area (Å²) in [7, 11) is -3.89. The minimum atomic E-state index is -3.89. The van der Waals surface area contributed by atoms with Gasteiger partial charge >= 0.3 is 7.82 Å². The standard InChI is InChI=1S/C11H15O4P.2C2H6/c1-11(2)8-14-16(12,13)15-10(11)9-6-4-3-5-7-9;2*1-2/h3-7,10H,8H2,1-2H3,(H,12,13);2*1-2H3. The molecule has 20 heavy (non-hydrogen) atoms. The molecule has 1 saturated heterocycles. The summed E-state index contributed by atoms with van der Waals surface area (Å²) < 4.78 is 21.4. The highest BCUT2D eigenvalue weighted by Crippen LogP contribution is 2.57. The van der Waals surface area contributed by atoms with E-state index in [0.717, 1.165) is 5.56 Å². The topological polar surface area (TPSA) is 55.8 Å². The number of phosphoric acid groups is 1. The highest BCUT2D eigenvalue weighted by molar-refractivity contribution is 7.47. The van der Waals surface area contributed by atoms with Crippen LogP contribution in [0.25, 0.3) is 0 Å². The van der Waals surface area contributed by atoms with Gasteiger partial charge < -0.3 is 4.89 Å². The molecule has 116 valence electrons. The Hall–Kier alpha value is -0.670. The Balaban J connectivity index is 0.000000829. The second-order valence-corrected chi connectivity index (χ2v) is 6.03. The van der Waals surface area contributed by atoms with Crippen LogP contribution in [0.1, 0.15) is 53.2 Å². The molecule has 5 heteroatoms. The third-order valence-corrected chi connectivity index (χ3v) is 3.58. The van der Waals surface area contributed by atoms with Crippen molar-refractivity contribution in [2.75, 3.05) is 6.61 Å². The van der Waals surface area contributed by atoms with E-state index in [1.165, 1.54) is 0 Å². The van der Waals surface area contributed by atoms with Gasteiger partial charge in [-0.15, -0.1) is 0 Å². The maximum Gasteiger partial charge on any atom is 0.472 e. The molecule has 1 N–H and O–H groups in total. The fraction of sp³-hybridized carbons (Fsp3) is 0.600. The zero-order valence-corrected chi connectivity index (χ0v) is 14.2. The number of hydrogen-bond acceptors (Lipinski definition) is 3. The predicted molar refractivity (Wildman–Crippen MR) is 82.5 cm³/mol. The van der Waals surface area contributed by atoms with Gasteiger partial charge in [-0.2, -0.15) is 0 Å². The Morgan fingerprint density at radius 2 is 1.65 bits per heavy atom. The van der Waals surface area contributed by atoms with Gasteiger partial charge in [0.25, 0.3) is 0 Å². The molecule has 1 aliphatic rings. The maximum atomic E-state index is 11.4. The van der Waals surface area contributed by atoms with E-state index in [9.17, 15) is 9.46 Å². The zero-order valence-electron chi connectivity index (χ0n) is 13.3. The molecule has 0 bridgehead atoms. The third kappa shape index (κ3) is 5.37. The Morgan fingerprint density at radius 1 is 1.15 bits per heavy atom. The van der Waals surface area contributed by atoms with E-state index in [0.29, 0.717) is 0 Å². The molecular weight excluding hydrogens is 275 g/mol. The second kappa shape index (κ2) is 8.58. The highest BCUT2D eigenvalue weighted by atomic mass is 31.2. The van der Waals surface area contributed by atoms with Crippen LogP contribution in [0.5, 0.6) is 0 Å². The lowest BCUT2D eigenvalue weighted by Crippen LogP contribution is -2.33. The van der Waals surface area contributed by atoms with Crippen LogP contribution in [-0.4, -0.2) is 11.5 Å². The van der Waals surface area contributed by atoms with Gasteiger partial charge in [0.15, 0.2) is 0 Å². The van der Waals surface area contributed by atoms with Crippen molar-refractivity contribution >= 4 is 7.82 Å². The van der Waals surface area contributed by atoms with E-state index >= 15 is 0 Å². The SMILES string of the molecule is CC.CC.CC1(C)COP(=O)(O)OC1c1ccccc1. The van der Waals surface area contributed by atoms with Gasteiger partial charge in [0.05, 0.1) is 6.61 Å². The molecule has 4 nitrogen and oxygen atoms in total. The van der Waals surface area contributed by atoms with E-state index in [1.54, 1.807) is 0 Å². The van der Waals surface area contributed by atoms with Crippen LogP contribution in [0.4, 0.5) is 0 Å². The molecule has 1 heterocycles. The van der Waals surface area contributed by atoms with Gasteiger partial charge in [-0.3, -0.25) is 9.05 Å². The van der Waals surface area contributed by atoms with Crippen molar-refractivity contribution in [2.24, 2.45) is 5.41 Å². The van der Waals surface area contributed by atoms with Gasteiger partial charge in [0, 0.05) is 5.41 Å². The third-order valence-electron chi connectivity index (χ3n) is 2.65. The normalized spacial score (nSPS) is 27.4. The highest BCUT2D eigenvalue weighted by Gasteiger charge is 2.44. The molecule has 1 aromatic carbocycles. The van der Waals surface area contributed by atoms with E-state index in [-0.39, 0.29) is 12.0 Å². The fourth-order valence-electron chi connectivity index (χ4n) is 1.77. The molecule has 1 aromatic rings. The summed E-state index contributed by atoms with van der Waals surface area (Å²) in [6, 6.07) is 9.43. The molecular formula is C15H27O4P. The predicted octanol–water partition coefficient (Wildman–Crippen LogP) is 4.95. The first-order chi connectivity index (χ1) is 9.41. The monoisotopic (exact) mass is 302 g/mol. The van der Waals surface area contributed by atoms with Crippen LogP contribution in [0, 0.1) is 5.41 Å². The van der Waals surface area contributed by atoms with Crippen molar-refractivity contribution in [3.63, 3.8) is 0 Å². The Bertz CT molecular complexity index is 417. The summed E-state index contributed by atoms with van der Waals surface area (Å²) in [6.07, 6.45) is -0.418. The van der Waals surface area contributed by atoms with Crippen molar-refractivity contribution in [3.05, 3.63) is 35.9 Å². The molecule has 1 fully saturated rings. The summed E-state index contributed by atoms with van der Waals surface area (Å²) in [5.74, 6) is 0.